The molecule has 0 fully saturated rings. The Kier molecular flexibility index (Phi) is 3.38. The molecule has 2 aromatic heterocycles. The number of halogens is 2. The third-order valence-electron chi connectivity index (χ3n) is 1.83. The summed E-state index contributed by atoms with van der Waals surface area (Å²) in [6, 6.07) is 1.67. The number of hydrogen-bond donors (Lipinski definition) is 0. The molecule has 15 heavy (non-hydrogen) atoms. The minimum atomic E-state index is 0.526. The van der Waals surface area contributed by atoms with Gasteiger partial charge in [0.05, 0.1) is 10.0 Å². The summed E-state index contributed by atoms with van der Waals surface area (Å²) < 4.78 is 1.82. The number of fused-ring (bicyclic) bond motifs is 1. The van der Waals surface area contributed by atoms with Crippen molar-refractivity contribution >= 4 is 40.6 Å². The molecular weight excluding hydrogens is 253 g/mol. The van der Waals surface area contributed by atoms with Crippen molar-refractivity contribution in [2.24, 2.45) is 0 Å². The summed E-state index contributed by atoms with van der Waals surface area (Å²) in [4.78, 5) is 0. The van der Waals surface area contributed by atoms with Crippen LogP contribution in [0, 0.1) is 0 Å². The van der Waals surface area contributed by atoms with Crippen molar-refractivity contribution in [2.75, 3.05) is 5.75 Å². The lowest BCUT2D eigenvalue weighted by molar-refractivity contribution is 0.918. The number of thioether (sulfide) groups is 1. The maximum Gasteiger partial charge on any atom is 0.195 e. The van der Waals surface area contributed by atoms with Crippen LogP contribution in [0.3, 0.4) is 0 Å². The molecule has 0 saturated heterocycles. The lowest BCUT2D eigenvalue weighted by Crippen LogP contribution is -1.88. The summed E-state index contributed by atoms with van der Waals surface area (Å²) in [7, 11) is 0. The predicted octanol–water partition coefficient (Wildman–Crippen LogP) is 3.54. The van der Waals surface area contributed by atoms with E-state index in [1.807, 2.05) is 4.40 Å². The van der Waals surface area contributed by atoms with E-state index in [1.165, 1.54) is 0 Å². The van der Waals surface area contributed by atoms with Crippen molar-refractivity contribution in [3.63, 3.8) is 0 Å². The Balaban J connectivity index is 2.49. The van der Waals surface area contributed by atoms with Gasteiger partial charge in [-0.15, -0.1) is 10.2 Å². The Labute approximate surface area is 102 Å². The third kappa shape index (κ3) is 2.22. The van der Waals surface area contributed by atoms with Crippen LogP contribution in [-0.2, 0) is 0 Å². The molecule has 0 aliphatic rings. The van der Waals surface area contributed by atoms with Gasteiger partial charge in [-0.25, -0.2) is 0 Å². The van der Waals surface area contributed by atoms with E-state index in [4.69, 9.17) is 23.2 Å². The van der Waals surface area contributed by atoms with Gasteiger partial charge in [-0.1, -0.05) is 41.9 Å². The van der Waals surface area contributed by atoms with Crippen molar-refractivity contribution < 1.29 is 0 Å². The van der Waals surface area contributed by atoms with Gasteiger partial charge in [-0.3, -0.25) is 4.40 Å². The lowest BCUT2D eigenvalue weighted by Gasteiger charge is -2.00. The zero-order valence-corrected chi connectivity index (χ0v) is 10.4. The first-order chi connectivity index (χ1) is 7.22. The van der Waals surface area contributed by atoms with E-state index in [2.05, 4.69) is 17.1 Å². The molecule has 3 nitrogen and oxygen atoms in total. The second-order valence-electron chi connectivity index (χ2n) is 3.03. The van der Waals surface area contributed by atoms with E-state index in [9.17, 15) is 0 Å². The third-order valence-corrected chi connectivity index (χ3v) is 3.46. The summed E-state index contributed by atoms with van der Waals surface area (Å²) in [5.74, 6) is 1.00. The normalized spacial score (nSPS) is 11.1. The van der Waals surface area contributed by atoms with Gasteiger partial charge in [0.25, 0.3) is 0 Å². The molecule has 0 N–H and O–H groups in total. The Morgan fingerprint density at radius 2 is 2.20 bits per heavy atom. The summed E-state index contributed by atoms with van der Waals surface area (Å²) in [6.07, 6.45) is 2.87. The highest BCUT2D eigenvalue weighted by molar-refractivity contribution is 7.99. The molecule has 0 radical (unpaired) electrons. The van der Waals surface area contributed by atoms with Crippen LogP contribution in [0.5, 0.6) is 0 Å². The first-order valence-corrected chi connectivity index (χ1v) is 6.29. The quantitative estimate of drug-likeness (QED) is 0.792. The summed E-state index contributed by atoms with van der Waals surface area (Å²) in [6.45, 7) is 2.12. The fourth-order valence-electron chi connectivity index (χ4n) is 1.19. The predicted molar refractivity (Wildman–Crippen MR) is 64.0 cm³/mol. The Hall–Kier alpha value is -0.450. The molecule has 2 heterocycles. The van der Waals surface area contributed by atoms with Crippen LogP contribution in [0.1, 0.15) is 13.3 Å². The molecule has 6 heteroatoms. The molecule has 2 rings (SSSR count). The molecule has 0 atom stereocenters. The van der Waals surface area contributed by atoms with Gasteiger partial charge < -0.3 is 0 Å². The molecule has 0 unspecified atom stereocenters. The van der Waals surface area contributed by atoms with E-state index in [1.54, 1.807) is 24.0 Å². The van der Waals surface area contributed by atoms with E-state index in [-0.39, 0.29) is 0 Å². The Bertz CT molecular complexity index is 483. The SMILES string of the molecule is CCCSc1nnc2c(Cl)cc(Cl)cn12. The molecule has 0 spiro atoms. The van der Waals surface area contributed by atoms with Crippen molar-refractivity contribution in [1.29, 1.82) is 0 Å². The smallest absolute Gasteiger partial charge is 0.195 e. The Morgan fingerprint density at radius 1 is 1.40 bits per heavy atom. The topological polar surface area (TPSA) is 30.2 Å². The highest BCUT2D eigenvalue weighted by Crippen LogP contribution is 2.25. The minimum absolute atomic E-state index is 0.526. The highest BCUT2D eigenvalue weighted by Gasteiger charge is 2.09. The minimum Gasteiger partial charge on any atom is -0.275 e. The van der Waals surface area contributed by atoms with Crippen LogP contribution >= 0.6 is 35.0 Å². The molecular formula is C9H9Cl2N3S. The van der Waals surface area contributed by atoms with Crippen molar-refractivity contribution in [3.05, 3.63) is 22.3 Å². The number of aromatic nitrogens is 3. The first-order valence-electron chi connectivity index (χ1n) is 4.55. The molecule has 2 aromatic rings. The maximum atomic E-state index is 5.99. The number of rotatable bonds is 3. The first kappa shape index (κ1) is 11.0. The van der Waals surface area contributed by atoms with Gasteiger partial charge in [0.1, 0.15) is 0 Å². The van der Waals surface area contributed by atoms with Gasteiger partial charge in [0.15, 0.2) is 10.8 Å². The number of nitrogens with zero attached hydrogens (tertiary/aromatic N) is 3. The number of hydrogen-bond acceptors (Lipinski definition) is 3. The maximum absolute atomic E-state index is 5.99. The van der Waals surface area contributed by atoms with E-state index in [0.29, 0.717) is 15.7 Å². The second kappa shape index (κ2) is 4.60. The van der Waals surface area contributed by atoms with E-state index >= 15 is 0 Å². The molecule has 80 valence electrons. The van der Waals surface area contributed by atoms with Crippen LogP contribution in [0.4, 0.5) is 0 Å². The van der Waals surface area contributed by atoms with Crippen LogP contribution in [-0.4, -0.2) is 20.4 Å². The monoisotopic (exact) mass is 261 g/mol. The largest absolute Gasteiger partial charge is 0.275 e. The van der Waals surface area contributed by atoms with Crippen LogP contribution in [0.15, 0.2) is 17.4 Å². The van der Waals surface area contributed by atoms with Gasteiger partial charge in [-0.05, 0) is 12.5 Å². The molecule has 0 amide bonds. The van der Waals surface area contributed by atoms with E-state index < -0.39 is 0 Å². The van der Waals surface area contributed by atoms with Gasteiger partial charge in [0.2, 0.25) is 0 Å². The van der Waals surface area contributed by atoms with Gasteiger partial charge in [0, 0.05) is 11.9 Å². The van der Waals surface area contributed by atoms with Crippen LogP contribution in [0.25, 0.3) is 5.65 Å². The molecule has 0 saturated carbocycles. The van der Waals surface area contributed by atoms with Crippen molar-refractivity contribution in [2.45, 2.75) is 18.5 Å². The van der Waals surface area contributed by atoms with Gasteiger partial charge >= 0.3 is 0 Å². The number of pyridine rings is 1. The average Bonchev–Trinajstić information content (AvgIpc) is 2.58. The summed E-state index contributed by atoms with van der Waals surface area (Å²) in [5.41, 5.74) is 0.652. The zero-order chi connectivity index (χ0) is 10.8. The molecule has 0 bridgehead atoms. The van der Waals surface area contributed by atoms with Crippen molar-refractivity contribution in [1.82, 2.24) is 14.6 Å². The lowest BCUT2D eigenvalue weighted by atomic mass is 10.5. The Morgan fingerprint density at radius 3 is 2.93 bits per heavy atom. The van der Waals surface area contributed by atoms with Crippen LogP contribution in [0.2, 0.25) is 10.0 Å². The van der Waals surface area contributed by atoms with Crippen molar-refractivity contribution in [3.8, 4) is 0 Å². The van der Waals surface area contributed by atoms with Crippen LogP contribution < -0.4 is 0 Å². The molecule has 0 aliphatic carbocycles. The zero-order valence-electron chi connectivity index (χ0n) is 8.07. The molecule has 0 aromatic carbocycles. The van der Waals surface area contributed by atoms with Gasteiger partial charge in [-0.2, -0.15) is 0 Å². The van der Waals surface area contributed by atoms with E-state index in [0.717, 1.165) is 17.3 Å². The average molecular weight is 262 g/mol. The summed E-state index contributed by atoms with van der Waals surface area (Å²) >= 11 is 13.6. The highest BCUT2D eigenvalue weighted by atomic mass is 35.5. The fraction of sp³-hybridized carbons (Fsp3) is 0.333. The molecule has 0 aliphatic heterocycles. The second-order valence-corrected chi connectivity index (χ2v) is 4.94. The fourth-order valence-corrected chi connectivity index (χ4v) is 2.47. The standard InChI is InChI=1S/C9H9Cl2N3S/c1-2-3-15-9-13-12-8-7(11)4-6(10)5-14(8)9/h4-5H,2-3H2,1H3. The summed E-state index contributed by atoms with van der Waals surface area (Å²) in [5, 5.41) is 10.0.